The standard InChI is InChI=1S/C17H28BrNO/c1-5-20-11-10-14(13-19-17(2,3)4)12-15-8-6-7-9-16(15)18/h6-9,14,19H,5,10-13H2,1-4H3. The molecule has 20 heavy (non-hydrogen) atoms. The molecule has 0 saturated heterocycles. The lowest BCUT2D eigenvalue weighted by Crippen LogP contribution is -2.39. The van der Waals surface area contributed by atoms with E-state index in [0.717, 1.165) is 32.6 Å². The molecule has 1 rings (SSSR count). The minimum Gasteiger partial charge on any atom is -0.382 e. The van der Waals surface area contributed by atoms with Crippen molar-refractivity contribution >= 4 is 15.9 Å². The van der Waals surface area contributed by atoms with E-state index in [9.17, 15) is 0 Å². The van der Waals surface area contributed by atoms with Crippen LogP contribution in [0.2, 0.25) is 0 Å². The van der Waals surface area contributed by atoms with Crippen LogP contribution in [-0.2, 0) is 11.2 Å². The molecule has 2 nitrogen and oxygen atoms in total. The summed E-state index contributed by atoms with van der Waals surface area (Å²) in [5, 5.41) is 3.62. The fourth-order valence-corrected chi connectivity index (χ4v) is 2.54. The lowest BCUT2D eigenvalue weighted by Gasteiger charge is -2.25. The highest BCUT2D eigenvalue weighted by Gasteiger charge is 2.15. The van der Waals surface area contributed by atoms with Gasteiger partial charge in [-0.15, -0.1) is 0 Å². The summed E-state index contributed by atoms with van der Waals surface area (Å²) in [5.41, 5.74) is 1.54. The van der Waals surface area contributed by atoms with Crippen molar-refractivity contribution in [3.8, 4) is 0 Å². The molecule has 0 fully saturated rings. The van der Waals surface area contributed by atoms with Gasteiger partial charge in [-0.05, 0) is 64.6 Å². The summed E-state index contributed by atoms with van der Waals surface area (Å²) in [6.07, 6.45) is 2.18. The molecule has 1 atom stereocenters. The summed E-state index contributed by atoms with van der Waals surface area (Å²) in [6, 6.07) is 8.49. The third-order valence-electron chi connectivity index (χ3n) is 3.26. The first-order valence-electron chi connectivity index (χ1n) is 7.48. The van der Waals surface area contributed by atoms with Crippen LogP contribution in [0.3, 0.4) is 0 Å². The van der Waals surface area contributed by atoms with Gasteiger partial charge in [-0.2, -0.15) is 0 Å². The molecular formula is C17H28BrNO. The van der Waals surface area contributed by atoms with Crippen molar-refractivity contribution < 1.29 is 4.74 Å². The van der Waals surface area contributed by atoms with Crippen LogP contribution in [0, 0.1) is 5.92 Å². The van der Waals surface area contributed by atoms with E-state index in [4.69, 9.17) is 4.74 Å². The van der Waals surface area contributed by atoms with E-state index in [1.54, 1.807) is 0 Å². The van der Waals surface area contributed by atoms with Gasteiger partial charge in [-0.3, -0.25) is 0 Å². The maximum absolute atomic E-state index is 5.52. The Morgan fingerprint density at radius 1 is 1.25 bits per heavy atom. The van der Waals surface area contributed by atoms with Gasteiger partial charge in [-0.1, -0.05) is 34.1 Å². The first kappa shape index (κ1) is 17.7. The Hall–Kier alpha value is -0.380. The van der Waals surface area contributed by atoms with Crippen LogP contribution in [0.25, 0.3) is 0 Å². The van der Waals surface area contributed by atoms with Gasteiger partial charge >= 0.3 is 0 Å². The quantitative estimate of drug-likeness (QED) is 0.706. The van der Waals surface area contributed by atoms with Crippen LogP contribution < -0.4 is 5.32 Å². The Morgan fingerprint density at radius 3 is 2.55 bits per heavy atom. The molecule has 1 unspecified atom stereocenters. The topological polar surface area (TPSA) is 21.3 Å². The molecule has 1 N–H and O–H groups in total. The van der Waals surface area contributed by atoms with Crippen LogP contribution >= 0.6 is 15.9 Å². The van der Waals surface area contributed by atoms with E-state index in [-0.39, 0.29) is 5.54 Å². The zero-order chi connectivity index (χ0) is 15.0. The Bertz CT molecular complexity index is 387. The number of halogens is 1. The van der Waals surface area contributed by atoms with Crippen LogP contribution in [0.5, 0.6) is 0 Å². The van der Waals surface area contributed by atoms with Gasteiger partial charge in [0.25, 0.3) is 0 Å². The van der Waals surface area contributed by atoms with E-state index < -0.39 is 0 Å². The van der Waals surface area contributed by atoms with Crippen molar-refractivity contribution in [2.24, 2.45) is 5.92 Å². The zero-order valence-corrected chi connectivity index (χ0v) is 14.8. The number of ether oxygens (including phenoxy) is 1. The number of hydrogen-bond donors (Lipinski definition) is 1. The highest BCUT2D eigenvalue weighted by Crippen LogP contribution is 2.21. The largest absolute Gasteiger partial charge is 0.382 e. The molecule has 0 aromatic heterocycles. The van der Waals surface area contributed by atoms with Gasteiger partial charge < -0.3 is 10.1 Å². The molecular weight excluding hydrogens is 314 g/mol. The van der Waals surface area contributed by atoms with Gasteiger partial charge in [0.05, 0.1) is 0 Å². The highest BCUT2D eigenvalue weighted by molar-refractivity contribution is 9.10. The smallest absolute Gasteiger partial charge is 0.0469 e. The van der Waals surface area contributed by atoms with Gasteiger partial charge in [0.1, 0.15) is 0 Å². The third kappa shape index (κ3) is 7.41. The summed E-state index contributed by atoms with van der Waals surface area (Å²) in [5.74, 6) is 0.597. The summed E-state index contributed by atoms with van der Waals surface area (Å²) >= 11 is 3.65. The third-order valence-corrected chi connectivity index (χ3v) is 4.04. The first-order chi connectivity index (χ1) is 9.42. The molecule has 0 saturated carbocycles. The van der Waals surface area contributed by atoms with E-state index in [1.165, 1.54) is 10.0 Å². The average Bonchev–Trinajstić information content (AvgIpc) is 2.37. The summed E-state index contributed by atoms with van der Waals surface area (Å²) in [4.78, 5) is 0. The number of nitrogens with one attached hydrogen (secondary N) is 1. The van der Waals surface area contributed by atoms with Crippen molar-refractivity contribution in [1.82, 2.24) is 5.32 Å². The predicted octanol–water partition coefficient (Wildman–Crippen LogP) is 4.42. The molecule has 3 heteroatoms. The molecule has 114 valence electrons. The van der Waals surface area contributed by atoms with E-state index in [1.807, 2.05) is 0 Å². The van der Waals surface area contributed by atoms with Gasteiger partial charge in [0.15, 0.2) is 0 Å². The monoisotopic (exact) mass is 341 g/mol. The molecule has 0 aliphatic rings. The van der Waals surface area contributed by atoms with Crippen molar-refractivity contribution in [3.63, 3.8) is 0 Å². The average molecular weight is 342 g/mol. The van der Waals surface area contributed by atoms with Gasteiger partial charge in [0, 0.05) is 23.2 Å². The molecule has 0 amide bonds. The zero-order valence-electron chi connectivity index (χ0n) is 13.2. The Kier molecular flexibility index (Phi) is 7.78. The summed E-state index contributed by atoms with van der Waals surface area (Å²) in [6.45, 7) is 11.4. The van der Waals surface area contributed by atoms with E-state index in [2.05, 4.69) is 73.2 Å². The second kappa shape index (κ2) is 8.81. The molecule has 0 aliphatic heterocycles. The van der Waals surface area contributed by atoms with Gasteiger partial charge in [0.2, 0.25) is 0 Å². The first-order valence-corrected chi connectivity index (χ1v) is 8.28. The lowest BCUT2D eigenvalue weighted by atomic mass is 9.95. The molecule has 0 aliphatic carbocycles. The molecule has 0 spiro atoms. The van der Waals surface area contributed by atoms with Crippen LogP contribution in [0.1, 0.15) is 39.7 Å². The lowest BCUT2D eigenvalue weighted by molar-refractivity contribution is 0.130. The SMILES string of the molecule is CCOCCC(CNC(C)(C)C)Cc1ccccc1Br. The highest BCUT2D eigenvalue weighted by atomic mass is 79.9. The van der Waals surface area contributed by atoms with Crippen molar-refractivity contribution in [1.29, 1.82) is 0 Å². The van der Waals surface area contributed by atoms with Crippen LogP contribution in [0.4, 0.5) is 0 Å². The normalized spacial score (nSPS) is 13.4. The number of benzene rings is 1. The molecule has 1 aromatic carbocycles. The van der Waals surface area contributed by atoms with Crippen LogP contribution in [-0.4, -0.2) is 25.3 Å². The fourth-order valence-electron chi connectivity index (χ4n) is 2.10. The summed E-state index contributed by atoms with van der Waals surface area (Å²) < 4.78 is 6.73. The molecule has 1 aromatic rings. The molecule has 0 radical (unpaired) electrons. The van der Waals surface area contributed by atoms with E-state index in [0.29, 0.717) is 5.92 Å². The number of hydrogen-bond acceptors (Lipinski definition) is 2. The Labute approximate surface area is 132 Å². The van der Waals surface area contributed by atoms with Crippen LogP contribution in [0.15, 0.2) is 28.7 Å². The second-order valence-electron chi connectivity index (χ2n) is 6.28. The Balaban J connectivity index is 2.59. The van der Waals surface area contributed by atoms with Gasteiger partial charge in [-0.25, -0.2) is 0 Å². The molecule has 0 bridgehead atoms. The van der Waals surface area contributed by atoms with Crippen molar-refractivity contribution in [2.45, 2.75) is 46.1 Å². The summed E-state index contributed by atoms with van der Waals surface area (Å²) in [7, 11) is 0. The van der Waals surface area contributed by atoms with Crippen molar-refractivity contribution in [3.05, 3.63) is 34.3 Å². The minimum atomic E-state index is 0.164. The molecule has 0 heterocycles. The predicted molar refractivity (Wildman–Crippen MR) is 90.2 cm³/mol. The fraction of sp³-hybridized carbons (Fsp3) is 0.647. The van der Waals surface area contributed by atoms with Crippen molar-refractivity contribution in [2.75, 3.05) is 19.8 Å². The maximum atomic E-state index is 5.52. The Morgan fingerprint density at radius 2 is 1.95 bits per heavy atom. The maximum Gasteiger partial charge on any atom is 0.0469 e. The number of rotatable bonds is 8. The van der Waals surface area contributed by atoms with E-state index >= 15 is 0 Å². The minimum absolute atomic E-state index is 0.164. The second-order valence-corrected chi connectivity index (χ2v) is 7.13.